The summed E-state index contributed by atoms with van der Waals surface area (Å²) in [5, 5.41) is 12.8. The van der Waals surface area contributed by atoms with Crippen molar-refractivity contribution in [1.82, 2.24) is 4.90 Å². The van der Waals surface area contributed by atoms with Crippen LogP contribution in [0.25, 0.3) is 0 Å². The highest BCUT2D eigenvalue weighted by molar-refractivity contribution is 5.95. The predicted octanol–water partition coefficient (Wildman–Crippen LogP) is 3.41. The van der Waals surface area contributed by atoms with Crippen LogP contribution in [0, 0.1) is 0 Å². The third kappa shape index (κ3) is 5.35. The second-order valence-corrected chi connectivity index (χ2v) is 7.50. The van der Waals surface area contributed by atoms with Gasteiger partial charge in [-0.15, -0.1) is 0 Å². The summed E-state index contributed by atoms with van der Waals surface area (Å²) < 4.78 is 42.9. The maximum absolute atomic E-state index is 12.5. The van der Waals surface area contributed by atoms with E-state index in [2.05, 4.69) is 0 Å². The number of para-hydroxylation sites is 1. The van der Waals surface area contributed by atoms with E-state index < -0.39 is 29.4 Å². The Morgan fingerprint density at radius 2 is 1.70 bits per heavy atom. The summed E-state index contributed by atoms with van der Waals surface area (Å²) in [7, 11) is 0. The fraction of sp³-hybridized carbons (Fsp3) is 0.556. The van der Waals surface area contributed by atoms with Gasteiger partial charge in [0.2, 0.25) is 0 Å². The summed E-state index contributed by atoms with van der Waals surface area (Å²) in [5.41, 5.74) is -2.03. The maximum Gasteiger partial charge on any atom is 0.471 e. The van der Waals surface area contributed by atoms with E-state index in [9.17, 15) is 27.9 Å². The minimum absolute atomic E-state index is 0.102. The number of halogens is 3. The van der Waals surface area contributed by atoms with Gasteiger partial charge in [0, 0.05) is 24.3 Å². The number of aliphatic hydroxyl groups is 1. The van der Waals surface area contributed by atoms with Crippen LogP contribution in [0.1, 0.15) is 39.2 Å². The molecule has 9 heteroatoms. The molecule has 1 aliphatic rings. The molecule has 2 N–H and O–H groups in total. The Morgan fingerprint density at radius 3 is 2.22 bits per heavy atom. The molecule has 0 unspecified atom stereocenters. The average Bonchev–Trinajstić information content (AvgIpc) is 2.53. The first-order chi connectivity index (χ1) is 12.3. The second kappa shape index (κ2) is 7.38. The van der Waals surface area contributed by atoms with E-state index in [-0.39, 0.29) is 37.2 Å². The Balaban J connectivity index is 2.14. The number of likely N-dealkylation sites (tertiary alicyclic amines) is 1. The molecule has 0 atom stereocenters. The zero-order valence-corrected chi connectivity index (χ0v) is 15.4. The van der Waals surface area contributed by atoms with Crippen LogP contribution in [0.5, 0.6) is 0 Å². The van der Waals surface area contributed by atoms with Crippen molar-refractivity contribution in [2.45, 2.75) is 51.0 Å². The molecule has 6 nitrogen and oxygen atoms in total. The first-order valence-corrected chi connectivity index (χ1v) is 8.50. The molecule has 2 rings (SSSR count). The predicted molar refractivity (Wildman–Crippen MR) is 92.1 cm³/mol. The van der Waals surface area contributed by atoms with Crippen LogP contribution >= 0.6 is 0 Å². The van der Waals surface area contributed by atoms with E-state index in [1.807, 2.05) is 5.32 Å². The molecule has 0 aliphatic carbocycles. The summed E-state index contributed by atoms with van der Waals surface area (Å²) in [6.07, 6.45) is -5.34. The molecule has 1 heterocycles. The molecule has 1 aromatic rings. The van der Waals surface area contributed by atoms with Gasteiger partial charge in [-0.05, 0) is 39.7 Å². The van der Waals surface area contributed by atoms with Gasteiger partial charge in [-0.3, -0.25) is 4.79 Å². The lowest BCUT2D eigenvalue weighted by atomic mass is 9.83. The van der Waals surface area contributed by atoms with Crippen LogP contribution in [-0.4, -0.2) is 46.9 Å². The number of benzene rings is 1. The number of amides is 2. The first-order valence-electron chi connectivity index (χ1n) is 8.50. The topological polar surface area (TPSA) is 78.9 Å². The van der Waals surface area contributed by atoms with Crippen LogP contribution in [0.3, 0.4) is 0 Å². The first kappa shape index (κ1) is 21.0. The number of alkyl halides is 3. The zero-order valence-electron chi connectivity index (χ0n) is 15.4. The normalized spacial score (nSPS) is 17.4. The number of rotatable bonds is 2. The summed E-state index contributed by atoms with van der Waals surface area (Å²) >= 11 is 0. The van der Waals surface area contributed by atoms with Gasteiger partial charge in [-0.25, -0.2) is 4.79 Å². The van der Waals surface area contributed by atoms with Crippen molar-refractivity contribution in [1.29, 1.82) is 0 Å². The van der Waals surface area contributed by atoms with Crippen LogP contribution in [-0.2, 0) is 15.1 Å². The Hall–Kier alpha value is -2.29. The highest BCUT2D eigenvalue weighted by Gasteiger charge is 2.41. The Labute approximate surface area is 155 Å². The van der Waals surface area contributed by atoms with Crippen molar-refractivity contribution in [3.05, 3.63) is 29.8 Å². The van der Waals surface area contributed by atoms with Gasteiger partial charge in [0.25, 0.3) is 0 Å². The number of carbonyl (C=O) groups excluding carboxylic acids is 2. The number of hydrogen-bond acceptors (Lipinski definition) is 4. The zero-order chi connectivity index (χ0) is 20.5. The molecule has 0 spiro atoms. The summed E-state index contributed by atoms with van der Waals surface area (Å²) in [6.45, 7) is 5.57. The molecule has 27 heavy (non-hydrogen) atoms. The van der Waals surface area contributed by atoms with Crippen molar-refractivity contribution < 1.29 is 32.6 Å². The lowest BCUT2D eigenvalue weighted by Gasteiger charge is -2.39. The lowest BCUT2D eigenvalue weighted by Crippen LogP contribution is -2.47. The highest BCUT2D eigenvalue weighted by Crippen LogP contribution is 2.37. The summed E-state index contributed by atoms with van der Waals surface area (Å²) in [6, 6.07) is 5.80. The standard InChI is InChI=1S/C18H23F3N2O4/c1-16(2,3)27-15(25)23-10-8-17(26,9-11-23)12-6-4-5-7-13(12)22-14(24)18(19,20)21/h4-7,26H,8-11H2,1-3H3,(H,22,24). The fourth-order valence-electron chi connectivity index (χ4n) is 2.85. The van der Waals surface area contributed by atoms with E-state index in [1.54, 1.807) is 26.8 Å². The quantitative estimate of drug-likeness (QED) is 0.814. The smallest absolute Gasteiger partial charge is 0.444 e. The van der Waals surface area contributed by atoms with Crippen LogP contribution in [0.4, 0.5) is 23.7 Å². The number of hydrogen-bond donors (Lipinski definition) is 2. The number of ether oxygens (including phenoxy) is 1. The largest absolute Gasteiger partial charge is 0.471 e. The van der Waals surface area contributed by atoms with E-state index in [0.29, 0.717) is 0 Å². The van der Waals surface area contributed by atoms with Crippen molar-refractivity contribution in [2.24, 2.45) is 0 Å². The molecule has 0 radical (unpaired) electrons. The van der Waals surface area contributed by atoms with Gasteiger partial charge in [0.05, 0.1) is 5.60 Å². The molecular weight excluding hydrogens is 365 g/mol. The monoisotopic (exact) mass is 388 g/mol. The molecular formula is C18H23F3N2O4. The number of nitrogens with zero attached hydrogens (tertiary/aromatic N) is 1. The fourth-order valence-corrected chi connectivity index (χ4v) is 2.85. The Morgan fingerprint density at radius 1 is 1.15 bits per heavy atom. The molecule has 2 amide bonds. The van der Waals surface area contributed by atoms with Gasteiger partial charge in [0.1, 0.15) is 5.60 Å². The van der Waals surface area contributed by atoms with Crippen molar-refractivity contribution >= 4 is 17.7 Å². The van der Waals surface area contributed by atoms with Crippen LogP contribution in [0.15, 0.2) is 24.3 Å². The minimum Gasteiger partial charge on any atom is -0.444 e. The number of anilines is 1. The van der Waals surface area contributed by atoms with Gasteiger partial charge in [-0.2, -0.15) is 13.2 Å². The van der Waals surface area contributed by atoms with E-state index in [4.69, 9.17) is 4.74 Å². The second-order valence-electron chi connectivity index (χ2n) is 7.50. The van der Waals surface area contributed by atoms with Crippen molar-refractivity contribution in [2.75, 3.05) is 18.4 Å². The molecule has 1 aromatic carbocycles. The number of nitrogens with one attached hydrogen (secondary N) is 1. The van der Waals surface area contributed by atoms with Gasteiger partial charge in [0.15, 0.2) is 0 Å². The lowest BCUT2D eigenvalue weighted by molar-refractivity contribution is -0.167. The summed E-state index contributed by atoms with van der Waals surface area (Å²) in [5.74, 6) is -2.11. The third-order valence-corrected chi connectivity index (χ3v) is 4.18. The van der Waals surface area contributed by atoms with Crippen LogP contribution in [0.2, 0.25) is 0 Å². The molecule has 1 aliphatic heterocycles. The molecule has 0 saturated carbocycles. The molecule has 0 aromatic heterocycles. The van der Waals surface area contributed by atoms with E-state index in [1.165, 1.54) is 23.1 Å². The Kier molecular flexibility index (Phi) is 5.74. The number of carbonyl (C=O) groups is 2. The molecule has 1 fully saturated rings. The van der Waals surface area contributed by atoms with Gasteiger partial charge < -0.3 is 20.1 Å². The van der Waals surface area contributed by atoms with Crippen molar-refractivity contribution in [3.63, 3.8) is 0 Å². The van der Waals surface area contributed by atoms with Crippen LogP contribution < -0.4 is 5.32 Å². The van der Waals surface area contributed by atoms with Gasteiger partial charge in [-0.1, -0.05) is 18.2 Å². The van der Waals surface area contributed by atoms with E-state index >= 15 is 0 Å². The highest BCUT2D eigenvalue weighted by atomic mass is 19.4. The van der Waals surface area contributed by atoms with E-state index in [0.717, 1.165) is 0 Å². The average molecular weight is 388 g/mol. The molecule has 0 bridgehead atoms. The van der Waals surface area contributed by atoms with Crippen molar-refractivity contribution in [3.8, 4) is 0 Å². The summed E-state index contributed by atoms with van der Waals surface area (Å²) in [4.78, 5) is 24.8. The Bertz CT molecular complexity index is 705. The third-order valence-electron chi connectivity index (χ3n) is 4.18. The molecule has 1 saturated heterocycles. The minimum atomic E-state index is -5.03. The van der Waals surface area contributed by atoms with Gasteiger partial charge >= 0.3 is 18.2 Å². The number of piperidine rings is 1. The molecule has 150 valence electrons. The SMILES string of the molecule is CC(C)(C)OC(=O)N1CCC(O)(c2ccccc2NC(=O)C(F)(F)F)CC1. The maximum atomic E-state index is 12.5.